The summed E-state index contributed by atoms with van der Waals surface area (Å²) in [5.41, 5.74) is 0. The molecule has 0 aromatic heterocycles. The van der Waals surface area contributed by atoms with Gasteiger partial charge in [-0.25, -0.2) is 0 Å². The van der Waals surface area contributed by atoms with E-state index in [1.807, 2.05) is 33.3 Å². The number of unbranched alkanes of at least 4 members (excludes halogenated alkanes) is 37. The maximum atomic E-state index is 13.6. The molecule has 1 N–H and O–H groups in total. The minimum absolute atomic E-state index is 0.0248. The standard InChI is InChI=1S/C72H133N2O7P/c1-7-10-13-16-19-22-25-28-30-32-33-34-35-36-37-38-39-40-41-43-44-46-49-52-55-58-61-64-71(75)73-69(68-80-82(77,78)79-67-66-74(4,5)6)70(63-60-57-54-51-48-27-24-21-18-15-12-9-3)81-72(76)65-62-59-56-53-50-47-45-42-31-29-26-23-20-17-14-11-8-2/h19-20,22-23,28-31,33-34,60,63,69-70H,7-18,21,24-27,32,35-59,61-62,64-68H2,1-6H3,(H-,73,75,77,78)/b22-19-,23-20-,30-28-,31-29-,34-33-,63-60-. The van der Waals surface area contributed by atoms with E-state index in [2.05, 4.69) is 86.8 Å². The Morgan fingerprint density at radius 1 is 0.427 bits per heavy atom. The molecule has 0 radical (unpaired) electrons. The largest absolute Gasteiger partial charge is 0.756 e. The molecule has 0 saturated carbocycles. The van der Waals surface area contributed by atoms with Gasteiger partial charge in [0, 0.05) is 12.8 Å². The monoisotopic (exact) mass is 1170 g/mol. The van der Waals surface area contributed by atoms with Crippen LogP contribution in [0.3, 0.4) is 0 Å². The number of allylic oxidation sites excluding steroid dienone is 11. The maximum Gasteiger partial charge on any atom is 0.306 e. The molecule has 0 aliphatic carbocycles. The highest BCUT2D eigenvalue weighted by atomic mass is 31.2. The van der Waals surface area contributed by atoms with E-state index in [0.29, 0.717) is 17.4 Å². The molecule has 3 unspecified atom stereocenters. The van der Waals surface area contributed by atoms with Gasteiger partial charge in [0.15, 0.2) is 0 Å². The third-order valence-electron chi connectivity index (χ3n) is 15.4. The molecule has 9 nitrogen and oxygen atoms in total. The summed E-state index contributed by atoms with van der Waals surface area (Å²) in [7, 11) is 1.18. The number of amides is 1. The van der Waals surface area contributed by atoms with Gasteiger partial charge >= 0.3 is 5.97 Å². The van der Waals surface area contributed by atoms with Crippen molar-refractivity contribution in [2.75, 3.05) is 40.9 Å². The molecular weight excluding hydrogens is 1040 g/mol. The fourth-order valence-electron chi connectivity index (χ4n) is 9.97. The molecule has 0 heterocycles. The fraction of sp³-hybridized carbons (Fsp3) is 0.806. The number of nitrogens with zero attached hydrogens (tertiary/aromatic N) is 1. The highest BCUT2D eigenvalue weighted by Crippen LogP contribution is 2.38. The van der Waals surface area contributed by atoms with Crippen molar-refractivity contribution in [3.05, 3.63) is 72.9 Å². The summed E-state index contributed by atoms with van der Waals surface area (Å²) in [6.45, 7) is 6.81. The minimum atomic E-state index is -4.71. The first-order chi connectivity index (χ1) is 39.9. The molecule has 0 aliphatic heterocycles. The number of nitrogens with one attached hydrogen (secondary N) is 1. The van der Waals surface area contributed by atoms with Crippen LogP contribution in [-0.2, 0) is 27.9 Å². The van der Waals surface area contributed by atoms with E-state index in [1.165, 1.54) is 199 Å². The van der Waals surface area contributed by atoms with Gasteiger partial charge in [0.1, 0.15) is 19.3 Å². The summed E-state index contributed by atoms with van der Waals surface area (Å²) in [5.74, 6) is -0.543. The Kier molecular flexibility index (Phi) is 59.6. The van der Waals surface area contributed by atoms with Gasteiger partial charge in [-0.05, 0) is 102 Å². The molecule has 0 bridgehead atoms. The number of likely N-dealkylation sites (N-methyl/N-ethyl adjacent to an activating group) is 1. The highest BCUT2D eigenvalue weighted by molar-refractivity contribution is 7.45. The van der Waals surface area contributed by atoms with Crippen molar-refractivity contribution in [3.63, 3.8) is 0 Å². The average molecular weight is 1170 g/mol. The Bertz CT molecular complexity index is 1630. The van der Waals surface area contributed by atoms with Crippen molar-refractivity contribution in [3.8, 4) is 0 Å². The lowest BCUT2D eigenvalue weighted by atomic mass is 10.0. The fourth-order valence-corrected chi connectivity index (χ4v) is 10.7. The molecule has 0 fully saturated rings. The third kappa shape index (κ3) is 62.0. The van der Waals surface area contributed by atoms with Gasteiger partial charge in [-0.2, -0.15) is 0 Å². The van der Waals surface area contributed by atoms with E-state index < -0.39 is 26.6 Å². The van der Waals surface area contributed by atoms with Crippen molar-refractivity contribution in [1.29, 1.82) is 0 Å². The van der Waals surface area contributed by atoms with Crippen molar-refractivity contribution in [2.45, 2.75) is 335 Å². The zero-order valence-electron chi connectivity index (χ0n) is 54.7. The number of carbonyl (C=O) groups is 2. The van der Waals surface area contributed by atoms with Crippen molar-refractivity contribution < 1.29 is 37.3 Å². The van der Waals surface area contributed by atoms with E-state index in [-0.39, 0.29) is 24.9 Å². The van der Waals surface area contributed by atoms with Crippen molar-refractivity contribution >= 4 is 19.7 Å². The lowest BCUT2D eigenvalue weighted by molar-refractivity contribution is -0.870. The van der Waals surface area contributed by atoms with Crippen LogP contribution in [-0.4, -0.2) is 69.4 Å². The third-order valence-corrected chi connectivity index (χ3v) is 16.3. The number of esters is 1. The molecule has 0 aliphatic rings. The quantitative estimate of drug-likeness (QED) is 0.0212. The normalized spacial score (nSPS) is 14.0. The number of hydrogen-bond acceptors (Lipinski definition) is 7. The molecule has 82 heavy (non-hydrogen) atoms. The predicted molar refractivity (Wildman–Crippen MR) is 353 cm³/mol. The second kappa shape index (κ2) is 61.5. The summed E-state index contributed by atoms with van der Waals surface area (Å²) in [6, 6.07) is -0.894. The second-order valence-electron chi connectivity index (χ2n) is 24.7. The van der Waals surface area contributed by atoms with Crippen LogP contribution in [0.5, 0.6) is 0 Å². The SMILES string of the molecule is CCCCC/C=C\C/C=C\C/C=C\CCCCCCCCCCCCCCCCC(=O)NC(COP(=O)([O-])OCC[N+](C)(C)C)C(/C=C\CCCCCCCCCCCC)OC(=O)CCCCCCCCC/C=C\C/C=C\CCCCC. The number of hydrogen-bond donors (Lipinski definition) is 1. The summed E-state index contributed by atoms with van der Waals surface area (Å²) in [5, 5.41) is 3.04. The van der Waals surface area contributed by atoms with Gasteiger partial charge in [0.2, 0.25) is 5.91 Å². The molecular formula is C72H133N2O7P. The van der Waals surface area contributed by atoms with Gasteiger partial charge < -0.3 is 28.5 Å². The van der Waals surface area contributed by atoms with E-state index >= 15 is 0 Å². The van der Waals surface area contributed by atoms with Crippen LogP contribution in [0, 0.1) is 0 Å². The first-order valence-electron chi connectivity index (χ1n) is 34.7. The van der Waals surface area contributed by atoms with E-state index in [1.54, 1.807) is 0 Å². The first kappa shape index (κ1) is 79.5. The topological polar surface area (TPSA) is 114 Å². The van der Waals surface area contributed by atoms with Crippen LogP contribution in [0.1, 0.15) is 323 Å². The smallest absolute Gasteiger partial charge is 0.306 e. The highest BCUT2D eigenvalue weighted by Gasteiger charge is 2.27. The van der Waals surface area contributed by atoms with Crippen LogP contribution >= 0.6 is 7.82 Å². The van der Waals surface area contributed by atoms with E-state index in [9.17, 15) is 19.0 Å². The van der Waals surface area contributed by atoms with Crippen LogP contribution < -0.4 is 10.2 Å². The lowest BCUT2D eigenvalue weighted by Crippen LogP contribution is -2.47. The lowest BCUT2D eigenvalue weighted by Gasteiger charge is -2.30. The van der Waals surface area contributed by atoms with Crippen molar-refractivity contribution in [2.24, 2.45) is 0 Å². The van der Waals surface area contributed by atoms with E-state index in [4.69, 9.17) is 13.8 Å². The van der Waals surface area contributed by atoms with Gasteiger partial charge in [-0.1, -0.05) is 280 Å². The Morgan fingerprint density at radius 2 is 0.744 bits per heavy atom. The summed E-state index contributed by atoms with van der Waals surface area (Å²) in [4.78, 5) is 40.1. The number of phosphoric acid groups is 1. The number of carbonyl (C=O) groups excluding carboxylic acids is 2. The number of rotatable bonds is 63. The molecule has 0 rings (SSSR count). The summed E-state index contributed by atoms with van der Waals surface area (Å²) >= 11 is 0. The number of quaternary nitrogens is 1. The molecule has 10 heteroatoms. The second-order valence-corrected chi connectivity index (χ2v) is 26.1. The molecule has 478 valence electrons. The Morgan fingerprint density at radius 3 is 1.13 bits per heavy atom. The van der Waals surface area contributed by atoms with Gasteiger partial charge in [-0.3, -0.25) is 14.2 Å². The number of phosphoric ester groups is 1. The molecule has 1 amide bonds. The summed E-state index contributed by atoms with van der Waals surface area (Å²) < 4.78 is 30.4. The predicted octanol–water partition coefficient (Wildman–Crippen LogP) is 21.3. The molecule has 3 atom stereocenters. The average Bonchev–Trinajstić information content (AvgIpc) is 3.47. The summed E-state index contributed by atoms with van der Waals surface area (Å²) in [6.07, 6.45) is 80.2. The maximum absolute atomic E-state index is 13.6. The van der Waals surface area contributed by atoms with E-state index in [0.717, 1.165) is 89.9 Å². The van der Waals surface area contributed by atoms with Gasteiger partial charge in [0.05, 0.1) is 33.8 Å². The zero-order chi connectivity index (χ0) is 60.0. The Hall–Kier alpha value is -2.55. The Labute approximate surface area is 508 Å². The van der Waals surface area contributed by atoms with Crippen LogP contribution in [0.4, 0.5) is 0 Å². The van der Waals surface area contributed by atoms with Crippen LogP contribution in [0.25, 0.3) is 0 Å². The van der Waals surface area contributed by atoms with Gasteiger partial charge in [0.25, 0.3) is 7.82 Å². The molecule has 0 saturated heterocycles. The molecule has 0 aromatic rings. The molecule has 0 spiro atoms. The minimum Gasteiger partial charge on any atom is -0.756 e. The van der Waals surface area contributed by atoms with Gasteiger partial charge in [-0.15, -0.1) is 0 Å². The molecule has 0 aromatic carbocycles. The van der Waals surface area contributed by atoms with Crippen molar-refractivity contribution in [1.82, 2.24) is 5.32 Å². The zero-order valence-corrected chi connectivity index (χ0v) is 55.6. The van der Waals surface area contributed by atoms with Crippen LogP contribution in [0.2, 0.25) is 0 Å². The Balaban J connectivity index is 5.04. The van der Waals surface area contributed by atoms with Crippen LogP contribution in [0.15, 0.2) is 72.9 Å². The first-order valence-corrected chi connectivity index (χ1v) is 36.2. The number of ether oxygens (including phenoxy) is 1.